The lowest BCUT2D eigenvalue weighted by molar-refractivity contribution is 0.129. The lowest BCUT2D eigenvalue weighted by Crippen LogP contribution is -2.50. The summed E-state index contributed by atoms with van der Waals surface area (Å²) in [6, 6.07) is 0.292. The van der Waals surface area contributed by atoms with Crippen LogP contribution < -0.4 is 5.73 Å². The maximum absolute atomic E-state index is 12.3. The van der Waals surface area contributed by atoms with Gasteiger partial charge in [0.15, 0.2) is 0 Å². The van der Waals surface area contributed by atoms with Gasteiger partial charge >= 0.3 is 0 Å². The summed E-state index contributed by atoms with van der Waals surface area (Å²) in [7, 11) is -3.06. The molecule has 0 aromatic carbocycles. The van der Waals surface area contributed by atoms with Crippen LogP contribution in [0.25, 0.3) is 0 Å². The average Bonchev–Trinajstić information content (AvgIpc) is 2.36. The number of fused-ring (bicyclic) bond motifs is 1. The van der Waals surface area contributed by atoms with Gasteiger partial charge < -0.3 is 5.73 Å². The minimum absolute atomic E-state index is 0.229. The Morgan fingerprint density at radius 2 is 1.82 bits per heavy atom. The molecule has 5 heteroatoms. The van der Waals surface area contributed by atoms with Crippen molar-refractivity contribution in [3.8, 4) is 0 Å². The second-order valence-electron chi connectivity index (χ2n) is 5.32. The number of hydrogen-bond acceptors (Lipinski definition) is 3. The third-order valence-electron chi connectivity index (χ3n) is 4.16. The van der Waals surface area contributed by atoms with Crippen LogP contribution in [0.15, 0.2) is 0 Å². The predicted octanol–water partition coefficient (Wildman–Crippen LogP) is 1.32. The summed E-state index contributed by atoms with van der Waals surface area (Å²) >= 11 is 0. The number of nitrogens with two attached hydrogens (primary N) is 1. The van der Waals surface area contributed by atoms with Crippen LogP contribution in [-0.4, -0.2) is 37.6 Å². The number of nitrogens with zero attached hydrogens (tertiary/aromatic N) is 1. The van der Waals surface area contributed by atoms with Crippen LogP contribution in [-0.2, 0) is 10.0 Å². The smallest absolute Gasteiger partial charge is 0.214 e. The molecule has 2 atom stereocenters. The lowest BCUT2D eigenvalue weighted by atomic mass is 9.79. The summed E-state index contributed by atoms with van der Waals surface area (Å²) in [5.41, 5.74) is 5.41. The summed E-state index contributed by atoms with van der Waals surface area (Å²) in [5.74, 6) is 0.845. The average molecular weight is 260 g/mol. The standard InChI is InChI=1S/C12H24N2O2S/c13-8-4-10-17(15,16)14-9-3-6-11-5-1-2-7-12(11)14/h11-12H,1-10,13H2. The minimum atomic E-state index is -3.06. The molecule has 2 rings (SSSR count). The van der Waals surface area contributed by atoms with E-state index < -0.39 is 10.0 Å². The van der Waals surface area contributed by atoms with Gasteiger partial charge in [-0.15, -0.1) is 0 Å². The van der Waals surface area contributed by atoms with Gasteiger partial charge in [0.05, 0.1) is 5.75 Å². The molecule has 0 aromatic heterocycles. The summed E-state index contributed by atoms with van der Waals surface area (Å²) < 4.78 is 26.3. The van der Waals surface area contributed by atoms with Gasteiger partial charge in [0, 0.05) is 12.6 Å². The van der Waals surface area contributed by atoms with E-state index in [1.165, 1.54) is 25.7 Å². The normalized spacial score (nSPS) is 31.1. The molecule has 0 radical (unpaired) electrons. The molecule has 1 saturated carbocycles. The van der Waals surface area contributed by atoms with E-state index in [1.54, 1.807) is 4.31 Å². The highest BCUT2D eigenvalue weighted by molar-refractivity contribution is 7.89. The monoisotopic (exact) mass is 260 g/mol. The number of piperidine rings is 1. The highest BCUT2D eigenvalue weighted by atomic mass is 32.2. The summed E-state index contributed by atoms with van der Waals surface area (Å²) in [5, 5.41) is 0. The van der Waals surface area contributed by atoms with Gasteiger partial charge in [-0.1, -0.05) is 12.8 Å². The Morgan fingerprint density at radius 1 is 1.12 bits per heavy atom. The molecular weight excluding hydrogens is 236 g/mol. The second-order valence-corrected chi connectivity index (χ2v) is 7.36. The second kappa shape index (κ2) is 5.67. The number of rotatable bonds is 4. The first kappa shape index (κ1) is 13.3. The van der Waals surface area contributed by atoms with E-state index in [4.69, 9.17) is 5.73 Å². The van der Waals surface area contributed by atoms with E-state index in [-0.39, 0.29) is 5.75 Å². The highest BCUT2D eigenvalue weighted by Crippen LogP contribution is 2.36. The van der Waals surface area contributed by atoms with E-state index in [0.717, 1.165) is 19.4 Å². The SMILES string of the molecule is NCCCS(=O)(=O)N1CCCC2CCCCC21. The molecule has 2 fully saturated rings. The van der Waals surface area contributed by atoms with E-state index >= 15 is 0 Å². The molecule has 1 saturated heterocycles. The van der Waals surface area contributed by atoms with Crippen LogP contribution in [0.3, 0.4) is 0 Å². The Bertz CT molecular complexity index is 340. The Kier molecular flexibility index (Phi) is 4.44. The third-order valence-corrected chi connectivity index (χ3v) is 6.13. The zero-order valence-corrected chi connectivity index (χ0v) is 11.3. The van der Waals surface area contributed by atoms with Crippen LogP contribution >= 0.6 is 0 Å². The molecule has 2 aliphatic rings. The molecule has 2 N–H and O–H groups in total. The fourth-order valence-electron chi connectivity index (χ4n) is 3.31. The molecule has 1 aliphatic heterocycles. The molecule has 1 heterocycles. The number of hydrogen-bond donors (Lipinski definition) is 1. The van der Waals surface area contributed by atoms with Crippen molar-refractivity contribution in [2.24, 2.45) is 11.7 Å². The van der Waals surface area contributed by atoms with Gasteiger partial charge in [-0.3, -0.25) is 0 Å². The van der Waals surface area contributed by atoms with Crippen LogP contribution in [0.1, 0.15) is 44.9 Å². The molecule has 0 amide bonds. The molecule has 17 heavy (non-hydrogen) atoms. The van der Waals surface area contributed by atoms with Crippen molar-refractivity contribution in [2.75, 3.05) is 18.8 Å². The summed E-state index contributed by atoms with van der Waals surface area (Å²) in [6.45, 7) is 1.19. The van der Waals surface area contributed by atoms with Gasteiger partial charge in [-0.05, 0) is 44.6 Å². The van der Waals surface area contributed by atoms with Crippen LogP contribution in [0, 0.1) is 5.92 Å². The van der Waals surface area contributed by atoms with Crippen molar-refractivity contribution in [1.29, 1.82) is 0 Å². The largest absolute Gasteiger partial charge is 0.330 e. The predicted molar refractivity (Wildman–Crippen MR) is 69.1 cm³/mol. The van der Waals surface area contributed by atoms with Crippen molar-refractivity contribution in [3.05, 3.63) is 0 Å². The first-order chi connectivity index (χ1) is 8.15. The summed E-state index contributed by atoms with van der Waals surface area (Å²) in [4.78, 5) is 0. The maximum atomic E-state index is 12.3. The van der Waals surface area contributed by atoms with Crippen molar-refractivity contribution < 1.29 is 8.42 Å². The zero-order chi connectivity index (χ0) is 12.3. The van der Waals surface area contributed by atoms with E-state index in [0.29, 0.717) is 24.9 Å². The van der Waals surface area contributed by atoms with Gasteiger partial charge in [-0.2, -0.15) is 4.31 Å². The Balaban J connectivity index is 2.07. The van der Waals surface area contributed by atoms with Gasteiger partial charge in [0.25, 0.3) is 0 Å². The van der Waals surface area contributed by atoms with Crippen molar-refractivity contribution >= 4 is 10.0 Å². The first-order valence-corrected chi connectivity index (χ1v) is 8.45. The Morgan fingerprint density at radius 3 is 2.59 bits per heavy atom. The van der Waals surface area contributed by atoms with Crippen LogP contribution in [0.4, 0.5) is 0 Å². The van der Waals surface area contributed by atoms with Crippen molar-refractivity contribution in [3.63, 3.8) is 0 Å². The minimum Gasteiger partial charge on any atom is -0.330 e. The van der Waals surface area contributed by atoms with E-state index in [1.807, 2.05) is 0 Å². The van der Waals surface area contributed by atoms with Crippen molar-refractivity contribution in [1.82, 2.24) is 4.31 Å². The summed E-state index contributed by atoms with van der Waals surface area (Å²) in [6.07, 6.45) is 7.56. The molecule has 4 nitrogen and oxygen atoms in total. The number of sulfonamides is 1. The quantitative estimate of drug-likeness (QED) is 0.829. The molecule has 0 spiro atoms. The van der Waals surface area contributed by atoms with Gasteiger partial charge in [0.1, 0.15) is 0 Å². The fraction of sp³-hybridized carbons (Fsp3) is 1.00. The molecule has 0 aromatic rings. The third kappa shape index (κ3) is 3.01. The van der Waals surface area contributed by atoms with Crippen molar-refractivity contribution in [2.45, 2.75) is 51.0 Å². The molecule has 2 unspecified atom stereocenters. The fourth-order valence-corrected chi connectivity index (χ4v) is 5.17. The van der Waals surface area contributed by atoms with Crippen LogP contribution in [0.5, 0.6) is 0 Å². The molecule has 100 valence electrons. The topological polar surface area (TPSA) is 63.4 Å². The van der Waals surface area contributed by atoms with Crippen LogP contribution in [0.2, 0.25) is 0 Å². The Hall–Kier alpha value is -0.130. The molecular formula is C12H24N2O2S. The Labute approximate surface area is 105 Å². The zero-order valence-electron chi connectivity index (χ0n) is 10.5. The van der Waals surface area contributed by atoms with E-state index in [2.05, 4.69) is 0 Å². The molecule has 0 bridgehead atoms. The highest BCUT2D eigenvalue weighted by Gasteiger charge is 2.38. The van der Waals surface area contributed by atoms with E-state index in [9.17, 15) is 8.42 Å². The van der Waals surface area contributed by atoms with Gasteiger partial charge in [0.2, 0.25) is 10.0 Å². The lowest BCUT2D eigenvalue weighted by Gasteiger charge is -2.43. The first-order valence-electron chi connectivity index (χ1n) is 6.85. The maximum Gasteiger partial charge on any atom is 0.214 e. The van der Waals surface area contributed by atoms with Gasteiger partial charge in [-0.25, -0.2) is 8.42 Å². The molecule has 1 aliphatic carbocycles.